The van der Waals surface area contributed by atoms with Crippen LogP contribution in [0.4, 0.5) is 4.79 Å². The van der Waals surface area contributed by atoms with Crippen LogP contribution in [-0.4, -0.2) is 35.7 Å². The summed E-state index contributed by atoms with van der Waals surface area (Å²) in [5.41, 5.74) is 1.12. The van der Waals surface area contributed by atoms with E-state index in [1.807, 2.05) is 37.3 Å². The third-order valence-electron chi connectivity index (χ3n) is 3.18. The van der Waals surface area contributed by atoms with Gasteiger partial charge in [0.2, 0.25) is 0 Å². The maximum Gasteiger partial charge on any atom is 0.317 e. The maximum absolute atomic E-state index is 12.4. The van der Waals surface area contributed by atoms with Crippen molar-refractivity contribution in [3.63, 3.8) is 0 Å². The first-order valence-electron chi connectivity index (χ1n) is 7.55. The van der Waals surface area contributed by atoms with E-state index in [0.29, 0.717) is 19.5 Å². The number of aliphatic hydroxyl groups excluding tert-OH is 1. The van der Waals surface area contributed by atoms with Crippen LogP contribution in [0.5, 0.6) is 0 Å². The molecule has 2 N–H and O–H groups in total. The van der Waals surface area contributed by atoms with Gasteiger partial charge in [-0.25, -0.2) is 4.79 Å². The van der Waals surface area contributed by atoms with Crippen molar-refractivity contribution in [2.24, 2.45) is 5.41 Å². The van der Waals surface area contributed by atoms with Gasteiger partial charge >= 0.3 is 6.03 Å². The van der Waals surface area contributed by atoms with Gasteiger partial charge in [-0.2, -0.15) is 0 Å². The van der Waals surface area contributed by atoms with Crippen LogP contribution in [0.25, 0.3) is 0 Å². The molecule has 0 aliphatic heterocycles. The van der Waals surface area contributed by atoms with E-state index in [4.69, 9.17) is 5.11 Å². The lowest BCUT2D eigenvalue weighted by Crippen LogP contribution is -2.45. The Kier molecular flexibility index (Phi) is 6.69. The number of carbonyl (C=O) groups is 1. The number of aliphatic hydroxyl groups is 1. The minimum Gasteiger partial charge on any atom is -0.396 e. The molecule has 0 heterocycles. The number of urea groups is 1. The third-order valence-corrected chi connectivity index (χ3v) is 3.18. The van der Waals surface area contributed by atoms with Gasteiger partial charge in [0.05, 0.1) is 6.04 Å². The fourth-order valence-corrected chi connectivity index (χ4v) is 2.19. The van der Waals surface area contributed by atoms with Crippen molar-refractivity contribution in [2.45, 2.75) is 40.2 Å². The Hall–Kier alpha value is -1.55. The van der Waals surface area contributed by atoms with Crippen LogP contribution in [0.3, 0.4) is 0 Å². The van der Waals surface area contributed by atoms with E-state index < -0.39 is 0 Å². The second-order valence-corrected chi connectivity index (χ2v) is 6.64. The van der Waals surface area contributed by atoms with Gasteiger partial charge in [0.25, 0.3) is 0 Å². The minimum absolute atomic E-state index is 0.0305. The molecule has 4 nitrogen and oxygen atoms in total. The van der Waals surface area contributed by atoms with Crippen molar-refractivity contribution in [1.82, 2.24) is 10.2 Å². The molecule has 0 fully saturated rings. The predicted molar refractivity (Wildman–Crippen MR) is 86.1 cm³/mol. The Morgan fingerprint density at radius 3 is 2.43 bits per heavy atom. The number of rotatable bonds is 6. The lowest BCUT2D eigenvalue weighted by molar-refractivity contribution is 0.162. The van der Waals surface area contributed by atoms with Crippen LogP contribution in [0.2, 0.25) is 0 Å². The Bertz CT molecular complexity index is 426. The summed E-state index contributed by atoms with van der Waals surface area (Å²) in [6.07, 6.45) is 0.600. The molecule has 2 amide bonds. The molecule has 118 valence electrons. The highest BCUT2D eigenvalue weighted by molar-refractivity contribution is 5.74. The largest absolute Gasteiger partial charge is 0.396 e. The van der Waals surface area contributed by atoms with E-state index in [1.54, 1.807) is 4.90 Å². The van der Waals surface area contributed by atoms with E-state index in [-0.39, 0.29) is 24.1 Å². The van der Waals surface area contributed by atoms with Gasteiger partial charge < -0.3 is 15.3 Å². The van der Waals surface area contributed by atoms with Crippen LogP contribution >= 0.6 is 0 Å². The van der Waals surface area contributed by atoms with Crippen molar-refractivity contribution in [3.8, 4) is 0 Å². The van der Waals surface area contributed by atoms with Gasteiger partial charge in [0.1, 0.15) is 0 Å². The van der Waals surface area contributed by atoms with Gasteiger partial charge in [-0.05, 0) is 24.3 Å². The normalized spacial score (nSPS) is 12.8. The molecule has 0 aliphatic carbocycles. The SMILES string of the molecule is CC(NC(=O)N(CCCO)CC(C)(C)C)c1ccccc1. The van der Waals surface area contributed by atoms with E-state index in [2.05, 4.69) is 26.1 Å². The number of carbonyl (C=O) groups excluding carboxylic acids is 1. The zero-order chi connectivity index (χ0) is 15.9. The summed E-state index contributed by atoms with van der Waals surface area (Å²) in [7, 11) is 0. The van der Waals surface area contributed by atoms with Gasteiger partial charge in [0, 0.05) is 19.7 Å². The molecule has 21 heavy (non-hydrogen) atoms. The van der Waals surface area contributed by atoms with E-state index in [1.165, 1.54) is 0 Å². The Balaban J connectivity index is 2.67. The molecule has 1 unspecified atom stereocenters. The van der Waals surface area contributed by atoms with E-state index in [0.717, 1.165) is 5.56 Å². The third kappa shape index (κ3) is 6.63. The fourth-order valence-electron chi connectivity index (χ4n) is 2.19. The first-order chi connectivity index (χ1) is 9.83. The van der Waals surface area contributed by atoms with Gasteiger partial charge in [-0.3, -0.25) is 0 Å². The zero-order valence-electron chi connectivity index (χ0n) is 13.6. The molecule has 1 aromatic rings. The second-order valence-electron chi connectivity index (χ2n) is 6.64. The number of hydrogen-bond acceptors (Lipinski definition) is 2. The van der Waals surface area contributed by atoms with Crippen LogP contribution in [-0.2, 0) is 0 Å². The standard InChI is InChI=1S/C17H28N2O2/c1-14(15-9-6-5-7-10-15)18-16(21)19(11-8-12-20)13-17(2,3)4/h5-7,9-10,14,20H,8,11-13H2,1-4H3,(H,18,21). The highest BCUT2D eigenvalue weighted by Gasteiger charge is 2.21. The Morgan fingerprint density at radius 1 is 1.29 bits per heavy atom. The highest BCUT2D eigenvalue weighted by Crippen LogP contribution is 2.17. The predicted octanol–water partition coefficient (Wildman–Crippen LogP) is 3.19. The maximum atomic E-state index is 12.4. The summed E-state index contributed by atoms with van der Waals surface area (Å²) in [6.45, 7) is 9.63. The lowest BCUT2D eigenvalue weighted by atomic mass is 9.96. The van der Waals surface area contributed by atoms with Gasteiger partial charge in [-0.15, -0.1) is 0 Å². The average Bonchev–Trinajstić information content (AvgIpc) is 2.43. The summed E-state index contributed by atoms with van der Waals surface area (Å²) >= 11 is 0. The number of benzene rings is 1. The van der Waals surface area contributed by atoms with Crippen molar-refractivity contribution in [3.05, 3.63) is 35.9 Å². The smallest absolute Gasteiger partial charge is 0.317 e. The molecular formula is C17H28N2O2. The Labute approximate surface area is 128 Å². The summed E-state index contributed by atoms with van der Waals surface area (Å²) in [5, 5.41) is 12.0. The molecule has 0 bridgehead atoms. The topological polar surface area (TPSA) is 52.6 Å². The highest BCUT2D eigenvalue weighted by atomic mass is 16.3. The summed E-state index contributed by atoms with van der Waals surface area (Å²) < 4.78 is 0. The molecule has 0 radical (unpaired) electrons. The molecule has 1 atom stereocenters. The van der Waals surface area contributed by atoms with Gasteiger partial charge in [-0.1, -0.05) is 51.1 Å². The fraction of sp³-hybridized carbons (Fsp3) is 0.588. The molecule has 1 rings (SSSR count). The van der Waals surface area contributed by atoms with Gasteiger partial charge in [0.15, 0.2) is 0 Å². The first-order valence-corrected chi connectivity index (χ1v) is 7.55. The van der Waals surface area contributed by atoms with Crippen LogP contribution < -0.4 is 5.32 Å². The van der Waals surface area contributed by atoms with E-state index in [9.17, 15) is 4.79 Å². The van der Waals surface area contributed by atoms with Crippen LogP contribution in [0, 0.1) is 5.41 Å². The molecule has 0 aromatic heterocycles. The summed E-state index contributed by atoms with van der Waals surface area (Å²) in [6, 6.07) is 9.81. The van der Waals surface area contributed by atoms with Crippen LogP contribution in [0.1, 0.15) is 45.7 Å². The van der Waals surface area contributed by atoms with Crippen molar-refractivity contribution < 1.29 is 9.90 Å². The van der Waals surface area contributed by atoms with Crippen molar-refractivity contribution >= 4 is 6.03 Å². The van der Waals surface area contributed by atoms with Crippen LogP contribution in [0.15, 0.2) is 30.3 Å². The number of amides is 2. The van der Waals surface area contributed by atoms with E-state index >= 15 is 0 Å². The minimum atomic E-state index is -0.0743. The van der Waals surface area contributed by atoms with Crippen molar-refractivity contribution in [1.29, 1.82) is 0 Å². The molecule has 1 aromatic carbocycles. The quantitative estimate of drug-likeness (QED) is 0.846. The number of hydrogen-bond donors (Lipinski definition) is 2. The zero-order valence-corrected chi connectivity index (χ0v) is 13.6. The molecule has 0 aliphatic rings. The molecule has 0 saturated heterocycles. The lowest BCUT2D eigenvalue weighted by Gasteiger charge is -2.31. The number of nitrogens with zero attached hydrogens (tertiary/aromatic N) is 1. The summed E-state index contributed by atoms with van der Waals surface area (Å²) in [4.78, 5) is 14.2. The monoisotopic (exact) mass is 292 g/mol. The molecule has 4 heteroatoms. The number of nitrogens with one attached hydrogen (secondary N) is 1. The molecular weight excluding hydrogens is 264 g/mol. The first kappa shape index (κ1) is 17.5. The van der Waals surface area contributed by atoms with Crippen molar-refractivity contribution in [2.75, 3.05) is 19.7 Å². The molecule has 0 saturated carbocycles. The molecule has 0 spiro atoms. The average molecular weight is 292 g/mol. The summed E-state index contributed by atoms with van der Waals surface area (Å²) in [5.74, 6) is 0. The second kappa shape index (κ2) is 8.03. The Morgan fingerprint density at radius 2 is 1.90 bits per heavy atom.